The number of piperidine rings is 1. The summed E-state index contributed by atoms with van der Waals surface area (Å²) in [6, 6.07) is 7.65. The van der Waals surface area contributed by atoms with Crippen molar-refractivity contribution in [2.75, 3.05) is 0 Å². The highest BCUT2D eigenvalue weighted by Gasteiger charge is 2.51. The predicted molar refractivity (Wildman–Crippen MR) is 93.9 cm³/mol. The van der Waals surface area contributed by atoms with E-state index in [0.717, 1.165) is 18.4 Å². The van der Waals surface area contributed by atoms with Crippen molar-refractivity contribution in [2.45, 2.75) is 76.7 Å². The number of ether oxygens (including phenoxy) is 1. The van der Waals surface area contributed by atoms with Crippen LogP contribution in [0.3, 0.4) is 0 Å². The van der Waals surface area contributed by atoms with E-state index in [0.29, 0.717) is 24.0 Å². The van der Waals surface area contributed by atoms with Crippen molar-refractivity contribution in [1.29, 1.82) is 5.26 Å². The number of aliphatic hydroxyl groups is 1. The van der Waals surface area contributed by atoms with Crippen molar-refractivity contribution >= 4 is 6.09 Å². The normalized spacial score (nSPS) is 28.6. The van der Waals surface area contributed by atoms with Gasteiger partial charge in [0.2, 0.25) is 0 Å². The monoisotopic (exact) mass is 342 g/mol. The molecule has 5 nitrogen and oxygen atoms in total. The zero-order valence-corrected chi connectivity index (χ0v) is 15.4. The SMILES string of the molecule is Cc1ccc(C#N)c(C2(O)CC3CCC(C2)N3C(=O)OC(C)(C)C)c1. The van der Waals surface area contributed by atoms with E-state index in [1.54, 1.807) is 6.07 Å². The number of carbonyl (C=O) groups excluding carboxylic acids is 1. The van der Waals surface area contributed by atoms with Crippen molar-refractivity contribution in [3.05, 3.63) is 34.9 Å². The maximum Gasteiger partial charge on any atom is 0.410 e. The molecule has 3 rings (SSSR count). The Labute approximate surface area is 149 Å². The molecule has 1 N–H and O–H groups in total. The third kappa shape index (κ3) is 3.36. The zero-order chi connectivity index (χ0) is 18.4. The minimum Gasteiger partial charge on any atom is -0.444 e. The number of fused-ring (bicyclic) bond motifs is 2. The van der Waals surface area contributed by atoms with Crippen LogP contribution in [-0.4, -0.2) is 33.8 Å². The molecule has 2 saturated heterocycles. The third-order valence-electron chi connectivity index (χ3n) is 5.17. The number of rotatable bonds is 1. The molecule has 1 aromatic rings. The van der Waals surface area contributed by atoms with Crippen molar-refractivity contribution in [3.63, 3.8) is 0 Å². The van der Waals surface area contributed by atoms with Gasteiger partial charge in [-0.2, -0.15) is 5.26 Å². The fraction of sp³-hybridized carbons (Fsp3) is 0.600. The van der Waals surface area contributed by atoms with Crippen LogP contribution in [0.1, 0.15) is 63.1 Å². The first-order chi connectivity index (χ1) is 11.6. The van der Waals surface area contributed by atoms with Crippen LogP contribution < -0.4 is 0 Å². The van der Waals surface area contributed by atoms with Crippen LogP contribution in [0.2, 0.25) is 0 Å². The van der Waals surface area contributed by atoms with E-state index in [9.17, 15) is 15.2 Å². The van der Waals surface area contributed by atoms with Gasteiger partial charge in [-0.3, -0.25) is 0 Å². The number of hydrogen-bond donors (Lipinski definition) is 1. The van der Waals surface area contributed by atoms with E-state index in [2.05, 4.69) is 6.07 Å². The fourth-order valence-corrected chi connectivity index (χ4v) is 4.20. The quantitative estimate of drug-likeness (QED) is 0.846. The van der Waals surface area contributed by atoms with Gasteiger partial charge in [0.15, 0.2) is 0 Å². The lowest BCUT2D eigenvalue weighted by Gasteiger charge is -2.44. The lowest BCUT2D eigenvalue weighted by molar-refractivity contribution is -0.0625. The van der Waals surface area contributed by atoms with Crippen molar-refractivity contribution in [1.82, 2.24) is 4.90 Å². The standard InChI is InChI=1S/C20H26N2O3/c1-13-5-6-14(12-21)17(9-13)20(24)10-15-7-8-16(11-20)22(15)18(23)25-19(2,3)4/h5-6,9,15-16,24H,7-8,10-11H2,1-4H3. The Hall–Kier alpha value is -2.06. The van der Waals surface area contributed by atoms with Crippen LogP contribution in [0, 0.1) is 18.3 Å². The van der Waals surface area contributed by atoms with Gasteiger partial charge in [0.1, 0.15) is 5.60 Å². The molecule has 2 atom stereocenters. The minimum absolute atomic E-state index is 0.0503. The first kappa shape index (κ1) is 17.8. The van der Waals surface area contributed by atoms with E-state index in [4.69, 9.17) is 4.74 Å². The summed E-state index contributed by atoms with van der Waals surface area (Å²) in [6.07, 6.45) is 2.31. The summed E-state index contributed by atoms with van der Waals surface area (Å²) in [5.41, 5.74) is 0.620. The lowest BCUT2D eigenvalue weighted by atomic mass is 9.78. The molecule has 5 heteroatoms. The lowest BCUT2D eigenvalue weighted by Crippen LogP contribution is -2.53. The van der Waals surface area contributed by atoms with Crippen LogP contribution in [0.15, 0.2) is 18.2 Å². The van der Waals surface area contributed by atoms with Crippen LogP contribution in [0.5, 0.6) is 0 Å². The highest BCUT2D eigenvalue weighted by Crippen LogP contribution is 2.47. The number of aryl methyl sites for hydroxylation is 1. The Morgan fingerprint density at radius 2 is 1.92 bits per heavy atom. The molecule has 0 saturated carbocycles. The van der Waals surface area contributed by atoms with Gasteiger partial charge in [-0.15, -0.1) is 0 Å². The summed E-state index contributed by atoms with van der Waals surface area (Å²) in [7, 11) is 0. The second-order valence-electron chi connectivity index (χ2n) is 8.37. The summed E-state index contributed by atoms with van der Waals surface area (Å²) >= 11 is 0. The number of benzene rings is 1. The molecule has 2 heterocycles. The van der Waals surface area contributed by atoms with Gasteiger partial charge in [0.25, 0.3) is 0 Å². The number of nitrogens with zero attached hydrogens (tertiary/aromatic N) is 2. The van der Waals surface area contributed by atoms with Crippen molar-refractivity contribution in [2.24, 2.45) is 0 Å². The Morgan fingerprint density at radius 1 is 1.32 bits per heavy atom. The topological polar surface area (TPSA) is 73.6 Å². The molecule has 0 aromatic heterocycles. The van der Waals surface area contributed by atoms with Gasteiger partial charge in [0.05, 0.1) is 17.2 Å². The maximum atomic E-state index is 12.6. The van der Waals surface area contributed by atoms with E-state index in [1.165, 1.54) is 0 Å². The van der Waals surface area contributed by atoms with Crippen molar-refractivity contribution in [3.8, 4) is 6.07 Å². The smallest absolute Gasteiger partial charge is 0.410 e. The number of nitriles is 1. The molecule has 25 heavy (non-hydrogen) atoms. The summed E-state index contributed by atoms with van der Waals surface area (Å²) < 4.78 is 5.55. The Kier molecular flexibility index (Phi) is 4.28. The second kappa shape index (κ2) is 6.03. The molecule has 1 amide bonds. The average molecular weight is 342 g/mol. The average Bonchev–Trinajstić information content (AvgIpc) is 2.78. The fourth-order valence-electron chi connectivity index (χ4n) is 4.20. The van der Waals surface area contributed by atoms with Gasteiger partial charge >= 0.3 is 6.09 Å². The number of carbonyl (C=O) groups is 1. The molecule has 2 bridgehead atoms. The highest BCUT2D eigenvalue weighted by atomic mass is 16.6. The van der Waals surface area contributed by atoms with E-state index in [-0.39, 0.29) is 18.2 Å². The Balaban J connectivity index is 1.88. The van der Waals surface area contributed by atoms with Gasteiger partial charge in [-0.1, -0.05) is 17.7 Å². The van der Waals surface area contributed by atoms with E-state index < -0.39 is 11.2 Å². The highest BCUT2D eigenvalue weighted by molar-refractivity contribution is 5.70. The second-order valence-corrected chi connectivity index (χ2v) is 8.37. The van der Waals surface area contributed by atoms with Gasteiger partial charge in [0, 0.05) is 30.5 Å². The Morgan fingerprint density at radius 3 is 2.44 bits per heavy atom. The van der Waals surface area contributed by atoms with Gasteiger partial charge < -0.3 is 14.7 Å². The maximum absolute atomic E-state index is 12.6. The molecular weight excluding hydrogens is 316 g/mol. The molecule has 1 aromatic carbocycles. The molecular formula is C20H26N2O3. The molecule has 0 radical (unpaired) electrons. The molecule has 134 valence electrons. The number of hydrogen-bond acceptors (Lipinski definition) is 4. The predicted octanol–water partition coefficient (Wildman–Crippen LogP) is 3.62. The zero-order valence-electron chi connectivity index (χ0n) is 15.4. The summed E-state index contributed by atoms with van der Waals surface area (Å²) in [5, 5.41) is 20.8. The first-order valence-corrected chi connectivity index (χ1v) is 8.88. The van der Waals surface area contributed by atoms with E-state index in [1.807, 2.05) is 44.7 Å². The molecule has 0 spiro atoms. The molecule has 2 aliphatic heterocycles. The summed E-state index contributed by atoms with van der Waals surface area (Å²) in [5.74, 6) is 0. The summed E-state index contributed by atoms with van der Waals surface area (Å²) in [6.45, 7) is 7.54. The van der Waals surface area contributed by atoms with Crippen molar-refractivity contribution < 1.29 is 14.6 Å². The van der Waals surface area contributed by atoms with Crippen LogP contribution >= 0.6 is 0 Å². The van der Waals surface area contributed by atoms with E-state index >= 15 is 0 Å². The largest absolute Gasteiger partial charge is 0.444 e. The Bertz CT molecular complexity index is 715. The van der Waals surface area contributed by atoms with Crippen LogP contribution in [-0.2, 0) is 10.3 Å². The third-order valence-corrected chi connectivity index (χ3v) is 5.17. The number of amides is 1. The summed E-state index contributed by atoms with van der Waals surface area (Å²) in [4.78, 5) is 14.4. The van der Waals surface area contributed by atoms with Gasteiger partial charge in [-0.05, 0) is 46.6 Å². The molecule has 2 unspecified atom stereocenters. The first-order valence-electron chi connectivity index (χ1n) is 8.88. The van der Waals surface area contributed by atoms with Crippen LogP contribution in [0.4, 0.5) is 4.79 Å². The van der Waals surface area contributed by atoms with Gasteiger partial charge in [-0.25, -0.2) is 4.79 Å². The molecule has 0 aliphatic carbocycles. The molecule has 2 aliphatic rings. The molecule has 2 fully saturated rings. The van der Waals surface area contributed by atoms with Crippen LogP contribution in [0.25, 0.3) is 0 Å². The minimum atomic E-state index is -1.07.